The highest BCUT2D eigenvalue weighted by molar-refractivity contribution is 6.00. The van der Waals surface area contributed by atoms with Gasteiger partial charge in [0.1, 0.15) is 66.5 Å². The van der Waals surface area contributed by atoms with Crippen molar-refractivity contribution in [3.05, 3.63) is 71.9 Å². The molecule has 1 heterocycles. The van der Waals surface area contributed by atoms with Crippen molar-refractivity contribution in [2.24, 2.45) is 39.8 Å². The maximum atomic E-state index is 14.5. The lowest BCUT2D eigenvalue weighted by Crippen LogP contribution is -2.61. The first-order valence-corrected chi connectivity index (χ1v) is 34.5. The highest BCUT2D eigenvalue weighted by Crippen LogP contribution is 2.20. The number of para-hydroxylation sites is 1. The predicted octanol–water partition coefficient (Wildman–Crippen LogP) is -8.03. The Labute approximate surface area is 611 Å². The van der Waals surface area contributed by atoms with Gasteiger partial charge in [0, 0.05) is 36.5 Å². The highest BCUT2D eigenvalue weighted by Gasteiger charge is 2.36. The van der Waals surface area contributed by atoms with Gasteiger partial charge in [-0.2, -0.15) is 0 Å². The number of carboxylic acids is 1. The Bertz CT molecular complexity index is 3500. The van der Waals surface area contributed by atoms with Crippen LogP contribution in [0, 0.1) is 11.8 Å². The minimum absolute atomic E-state index is 0.00461. The van der Waals surface area contributed by atoms with Gasteiger partial charge in [-0.15, -0.1) is 0 Å². The average molecular weight is 1490 g/mol. The fraction of sp³-hybridized carbons (Fsp3) is 0.552. The largest absolute Gasteiger partial charge is 0.480 e. The number of fused-ring (bicyclic) bond motifs is 1. The molecule has 3 aromatic rings. The summed E-state index contributed by atoms with van der Waals surface area (Å²) in [4.78, 5) is 207. The van der Waals surface area contributed by atoms with Gasteiger partial charge in [0.25, 0.3) is 0 Å². The van der Waals surface area contributed by atoms with E-state index in [0.29, 0.717) is 41.4 Å². The number of carbonyl (C=O) groups excluding carboxylic acids is 14. The number of carboxylic acid groups (broad SMARTS) is 1. The Morgan fingerprint density at radius 3 is 1.32 bits per heavy atom. The van der Waals surface area contributed by atoms with E-state index in [4.69, 9.17) is 22.9 Å². The SMILES string of the molecule is CC(C)CC(NC(=O)CNC(=O)C(C)NC(=O)CNC(=O)C(CCCCN)NC(=O)CN)C(=O)NC(CO)C(=O)NC(CC(C)C)C(=O)NC(CO)C(=O)NC(CCCN=C(N)N)C(=O)NC(Cc1ccccc1)C(=O)NC(CO)C(=O)NC(Cc1c[nH]c2ccccc12)C(=O)NCC(=O)NC(C)C(=O)O. The summed E-state index contributed by atoms with van der Waals surface area (Å²) in [5, 5.41) is 75.2. The van der Waals surface area contributed by atoms with E-state index < -0.39 is 195 Å². The number of nitrogens with one attached hydrogen (secondary N) is 15. The molecule has 0 aliphatic carbocycles. The molecule has 0 fully saturated rings. The van der Waals surface area contributed by atoms with Crippen LogP contribution in [0.5, 0.6) is 0 Å². The lowest BCUT2D eigenvalue weighted by atomic mass is 10.0. The van der Waals surface area contributed by atoms with Crippen LogP contribution in [0.15, 0.2) is 65.8 Å². The Balaban J connectivity index is 1.79. The van der Waals surface area contributed by atoms with Crippen LogP contribution in [0.3, 0.4) is 0 Å². The fourth-order valence-corrected chi connectivity index (χ4v) is 10.3. The van der Waals surface area contributed by atoms with Crippen LogP contribution in [0.1, 0.15) is 97.6 Å². The summed E-state index contributed by atoms with van der Waals surface area (Å²) in [6.07, 6.45) is 1.96. The first kappa shape index (κ1) is 89.3. The number of hydrogen-bond acceptors (Lipinski definition) is 21. The molecule has 586 valence electrons. The summed E-state index contributed by atoms with van der Waals surface area (Å²) in [7, 11) is 0. The number of nitrogens with two attached hydrogens (primary N) is 4. The highest BCUT2D eigenvalue weighted by atomic mass is 16.4. The lowest BCUT2D eigenvalue weighted by molar-refractivity contribution is -0.141. The smallest absolute Gasteiger partial charge is 0.325 e. The summed E-state index contributed by atoms with van der Waals surface area (Å²) < 4.78 is 0. The third kappa shape index (κ3) is 32.4. The van der Waals surface area contributed by atoms with Crippen molar-refractivity contribution in [2.45, 2.75) is 166 Å². The molecule has 0 saturated carbocycles. The summed E-state index contributed by atoms with van der Waals surface area (Å²) in [5.74, 6) is -15.4. The number of aliphatic hydroxyl groups excluding tert-OH is 3. The lowest BCUT2D eigenvalue weighted by Gasteiger charge is -2.28. The Morgan fingerprint density at radius 1 is 0.425 bits per heavy atom. The van der Waals surface area contributed by atoms with Gasteiger partial charge < -0.3 is 123 Å². The van der Waals surface area contributed by atoms with E-state index >= 15 is 0 Å². The standard InChI is InChI=1S/C67H104N20O19/c1-35(2)23-45(80-55(94)31-74-56(95)37(5)77-53(92)29-75-57(96)43(19-12-13-21-68)79-52(91)27-69)60(99)85-50(33-89)64(103)82-46(24-36(3)4)61(100)86-49(32-88)63(102)81-44(20-14-22-72-67(70)71)59(98)83-47(25-39-15-8-7-9-16-39)62(101)87-51(34-90)65(104)84-48(26-40-28-73-42-18-11-10-17-41(40)42)58(97)76-30-54(93)78-38(6)66(105)106/h7-11,15-18,28,35-38,43-51,73,88-90H,12-14,19-27,29-34,68-69H2,1-6H3,(H,74,95)(H,75,96)(H,76,97)(H,77,92)(H,78,93)(H,79,91)(H,80,94)(H,81,102)(H,82,103)(H,83,98)(H,84,104)(H,85,99)(H,86,100)(H,87,101)(H,105,106)(H4,70,71,72). The number of guanidine groups is 1. The number of aliphatic hydroxyl groups is 3. The summed E-state index contributed by atoms with van der Waals surface area (Å²) in [6.45, 7) is 3.94. The number of aromatic nitrogens is 1. The molecule has 14 amide bonds. The fourth-order valence-electron chi connectivity index (χ4n) is 10.3. The van der Waals surface area contributed by atoms with Gasteiger partial charge in [-0.05, 0) is 94.4 Å². The zero-order chi connectivity index (χ0) is 79.2. The number of amides is 14. The number of aliphatic carboxylic acids is 1. The van der Waals surface area contributed by atoms with Gasteiger partial charge in [0.2, 0.25) is 82.7 Å². The zero-order valence-corrected chi connectivity index (χ0v) is 60.2. The molecule has 27 N–H and O–H groups in total. The minimum atomic E-state index is -1.85. The molecule has 39 nitrogen and oxygen atoms in total. The molecular formula is C67H104N20O19. The Kier molecular flexibility index (Phi) is 39.4. The van der Waals surface area contributed by atoms with E-state index in [2.05, 4.69) is 84.4 Å². The van der Waals surface area contributed by atoms with Crippen LogP contribution < -0.4 is 97.4 Å². The molecule has 3 rings (SSSR count). The van der Waals surface area contributed by atoms with E-state index in [1.807, 2.05) is 0 Å². The molecule has 106 heavy (non-hydrogen) atoms. The number of rotatable bonds is 48. The van der Waals surface area contributed by atoms with Gasteiger partial charge >= 0.3 is 5.97 Å². The maximum absolute atomic E-state index is 14.5. The van der Waals surface area contributed by atoms with Crippen LogP contribution in [-0.2, 0) is 84.8 Å². The van der Waals surface area contributed by atoms with Crippen molar-refractivity contribution in [1.29, 1.82) is 0 Å². The first-order chi connectivity index (χ1) is 50.2. The number of carbonyl (C=O) groups is 15. The second kappa shape index (κ2) is 46.7. The molecular weight excluding hydrogens is 1390 g/mol. The number of hydrogen-bond donors (Lipinski definition) is 23. The van der Waals surface area contributed by atoms with Gasteiger partial charge in [-0.25, -0.2) is 0 Å². The van der Waals surface area contributed by atoms with Crippen LogP contribution in [0.2, 0.25) is 0 Å². The quantitative estimate of drug-likeness (QED) is 0.0142. The molecule has 0 spiro atoms. The van der Waals surface area contributed by atoms with Gasteiger partial charge in [-0.1, -0.05) is 76.2 Å². The average Bonchev–Trinajstić information content (AvgIpc) is 1.65. The molecule has 0 radical (unpaired) electrons. The van der Waals surface area contributed by atoms with Crippen molar-refractivity contribution in [1.82, 2.24) is 79.4 Å². The molecule has 2 aromatic carbocycles. The molecule has 0 bridgehead atoms. The third-order valence-corrected chi connectivity index (χ3v) is 15.9. The second-order valence-electron chi connectivity index (χ2n) is 25.7. The van der Waals surface area contributed by atoms with Gasteiger partial charge in [0.15, 0.2) is 5.96 Å². The molecule has 11 unspecified atom stereocenters. The summed E-state index contributed by atoms with van der Waals surface area (Å²) in [5.41, 5.74) is 23.6. The van der Waals surface area contributed by atoms with E-state index in [1.54, 1.807) is 88.5 Å². The van der Waals surface area contributed by atoms with Crippen LogP contribution in [-0.4, -0.2) is 246 Å². The van der Waals surface area contributed by atoms with Crippen molar-refractivity contribution in [3.63, 3.8) is 0 Å². The number of aromatic amines is 1. The Morgan fingerprint density at radius 2 is 0.821 bits per heavy atom. The normalized spacial score (nSPS) is 14.2. The molecule has 0 aliphatic heterocycles. The number of aliphatic imine (C=N–C) groups is 1. The van der Waals surface area contributed by atoms with Crippen LogP contribution in [0.25, 0.3) is 10.9 Å². The monoisotopic (exact) mass is 1490 g/mol. The zero-order valence-electron chi connectivity index (χ0n) is 60.2. The predicted molar refractivity (Wildman–Crippen MR) is 383 cm³/mol. The van der Waals surface area contributed by atoms with Crippen molar-refractivity contribution < 1.29 is 92.3 Å². The van der Waals surface area contributed by atoms with Crippen molar-refractivity contribution >= 4 is 106 Å². The number of H-pyrrole nitrogens is 1. The number of benzene rings is 2. The van der Waals surface area contributed by atoms with E-state index in [-0.39, 0.29) is 75.8 Å². The van der Waals surface area contributed by atoms with Crippen molar-refractivity contribution in [3.8, 4) is 0 Å². The van der Waals surface area contributed by atoms with E-state index in [1.165, 1.54) is 13.8 Å². The topological polar surface area (TPSA) is 638 Å². The molecule has 11 atom stereocenters. The molecule has 0 aliphatic rings. The molecule has 1 aromatic heterocycles. The molecule has 39 heteroatoms. The van der Waals surface area contributed by atoms with Crippen LogP contribution in [0.4, 0.5) is 0 Å². The minimum Gasteiger partial charge on any atom is -0.480 e. The third-order valence-electron chi connectivity index (χ3n) is 15.9. The number of nitrogens with zero attached hydrogens (tertiary/aromatic N) is 1. The van der Waals surface area contributed by atoms with Crippen LogP contribution >= 0.6 is 0 Å². The van der Waals surface area contributed by atoms with Crippen molar-refractivity contribution in [2.75, 3.05) is 59.1 Å². The maximum Gasteiger partial charge on any atom is 0.325 e. The summed E-state index contributed by atoms with van der Waals surface area (Å²) >= 11 is 0. The van der Waals surface area contributed by atoms with E-state index in [9.17, 15) is 92.3 Å². The van der Waals surface area contributed by atoms with Gasteiger partial charge in [-0.3, -0.25) is 76.9 Å². The Hall–Kier alpha value is -10.9. The number of unbranched alkanes of at least 4 members (excludes halogenated alkanes) is 1. The first-order valence-electron chi connectivity index (χ1n) is 34.5. The second-order valence-corrected chi connectivity index (χ2v) is 25.7. The summed E-state index contributed by atoms with van der Waals surface area (Å²) in [6, 6.07) is -1.41. The van der Waals surface area contributed by atoms with E-state index in [0.717, 1.165) is 0 Å². The van der Waals surface area contributed by atoms with Gasteiger partial charge in [0.05, 0.1) is 46.0 Å². The molecule has 0 saturated heterocycles.